The molecule has 1 saturated heterocycles. The van der Waals surface area contributed by atoms with Gasteiger partial charge < -0.3 is 9.47 Å². The Balaban J connectivity index is 1.86. The lowest BCUT2D eigenvalue weighted by Crippen LogP contribution is -2.39. The number of carbonyl (C=O) groups excluding carboxylic acids is 1. The summed E-state index contributed by atoms with van der Waals surface area (Å²) in [7, 11) is 1.80. The first kappa shape index (κ1) is 14.9. The van der Waals surface area contributed by atoms with E-state index in [1.807, 2.05) is 11.0 Å². The molecular weight excluding hydrogens is 304 g/mol. The lowest BCUT2D eigenvalue weighted by molar-refractivity contribution is 0.0674. The number of piperidine rings is 1. The summed E-state index contributed by atoms with van der Waals surface area (Å²) in [5.74, 6) is 0.499. The van der Waals surface area contributed by atoms with Gasteiger partial charge in [0.2, 0.25) is 0 Å². The largest absolute Gasteiger partial charge is 0.337 e. The fourth-order valence-electron chi connectivity index (χ4n) is 3.56. The smallest absolute Gasteiger partial charge is 0.270 e. The summed E-state index contributed by atoms with van der Waals surface area (Å²) < 4.78 is 3.25. The van der Waals surface area contributed by atoms with Crippen molar-refractivity contribution in [1.82, 2.24) is 18.9 Å². The maximum absolute atomic E-state index is 12.9. The van der Waals surface area contributed by atoms with Gasteiger partial charge in [0.05, 0.1) is 5.39 Å². The number of hydrogen-bond donors (Lipinski definition) is 0. The first-order chi connectivity index (χ1) is 11.6. The molecule has 0 saturated carbocycles. The van der Waals surface area contributed by atoms with Crippen LogP contribution >= 0.6 is 0 Å². The van der Waals surface area contributed by atoms with Crippen molar-refractivity contribution in [1.29, 1.82) is 0 Å². The summed E-state index contributed by atoms with van der Waals surface area (Å²) in [6.07, 6.45) is 3.89. The predicted octanol–water partition coefficient (Wildman–Crippen LogP) is 2.06. The number of likely N-dealkylation sites (tertiary alicyclic amines) is 1. The maximum Gasteiger partial charge on any atom is 0.270 e. The average molecular weight is 324 g/mol. The van der Waals surface area contributed by atoms with E-state index in [2.05, 4.69) is 11.9 Å². The summed E-state index contributed by atoms with van der Waals surface area (Å²) in [6.45, 7) is 3.72. The lowest BCUT2D eigenvalue weighted by Gasteiger charge is -2.30. The van der Waals surface area contributed by atoms with Crippen molar-refractivity contribution in [2.75, 3.05) is 13.1 Å². The van der Waals surface area contributed by atoms with Crippen molar-refractivity contribution in [3.05, 3.63) is 46.5 Å². The normalized spacial score (nSPS) is 18.4. The Hall–Kier alpha value is -2.63. The Morgan fingerprint density at radius 2 is 2.17 bits per heavy atom. The minimum Gasteiger partial charge on any atom is -0.337 e. The molecule has 1 aliphatic heterocycles. The first-order valence-corrected chi connectivity index (χ1v) is 8.32. The number of pyridine rings is 1. The van der Waals surface area contributed by atoms with Gasteiger partial charge in [0.15, 0.2) is 0 Å². The Morgan fingerprint density at radius 3 is 2.96 bits per heavy atom. The van der Waals surface area contributed by atoms with E-state index >= 15 is 0 Å². The minimum atomic E-state index is -0.141. The molecule has 24 heavy (non-hydrogen) atoms. The van der Waals surface area contributed by atoms with Gasteiger partial charge in [-0.2, -0.15) is 0 Å². The van der Waals surface area contributed by atoms with E-state index in [1.165, 1.54) is 4.40 Å². The van der Waals surface area contributed by atoms with Gasteiger partial charge in [-0.1, -0.05) is 13.0 Å². The number of rotatable bonds is 1. The molecule has 3 aromatic rings. The van der Waals surface area contributed by atoms with Crippen LogP contribution in [0.2, 0.25) is 0 Å². The van der Waals surface area contributed by atoms with E-state index in [9.17, 15) is 9.59 Å². The third kappa shape index (κ3) is 2.21. The Bertz CT molecular complexity index is 1000. The van der Waals surface area contributed by atoms with Crippen LogP contribution < -0.4 is 5.56 Å². The minimum absolute atomic E-state index is 0.0180. The second kappa shape index (κ2) is 5.47. The van der Waals surface area contributed by atoms with Gasteiger partial charge in [-0.25, -0.2) is 4.98 Å². The van der Waals surface area contributed by atoms with E-state index in [0.717, 1.165) is 25.9 Å². The Morgan fingerprint density at radius 1 is 1.33 bits per heavy atom. The molecule has 4 heterocycles. The van der Waals surface area contributed by atoms with Crippen LogP contribution in [0.1, 0.15) is 30.3 Å². The molecule has 3 aromatic heterocycles. The van der Waals surface area contributed by atoms with E-state index in [0.29, 0.717) is 28.3 Å². The van der Waals surface area contributed by atoms with Gasteiger partial charge in [-0.3, -0.25) is 14.0 Å². The molecule has 4 rings (SSSR count). The van der Waals surface area contributed by atoms with Gasteiger partial charge in [-0.15, -0.1) is 0 Å². The third-order valence-corrected chi connectivity index (χ3v) is 4.87. The molecule has 124 valence electrons. The second-order valence-corrected chi connectivity index (χ2v) is 6.67. The van der Waals surface area contributed by atoms with Crippen molar-refractivity contribution in [2.24, 2.45) is 13.0 Å². The van der Waals surface area contributed by atoms with Crippen LogP contribution in [0.5, 0.6) is 0 Å². The highest BCUT2D eigenvalue weighted by Gasteiger charge is 2.25. The van der Waals surface area contributed by atoms with Gasteiger partial charge in [-0.05, 0) is 37.0 Å². The van der Waals surface area contributed by atoms with Crippen molar-refractivity contribution in [2.45, 2.75) is 19.8 Å². The number of fused-ring (bicyclic) bond motifs is 2. The zero-order valence-electron chi connectivity index (χ0n) is 13.9. The zero-order valence-corrected chi connectivity index (χ0v) is 13.9. The van der Waals surface area contributed by atoms with Crippen molar-refractivity contribution < 1.29 is 4.79 Å². The van der Waals surface area contributed by atoms with E-state index < -0.39 is 0 Å². The van der Waals surface area contributed by atoms with Gasteiger partial charge >= 0.3 is 0 Å². The van der Waals surface area contributed by atoms with Gasteiger partial charge in [0.25, 0.3) is 11.5 Å². The molecule has 0 unspecified atom stereocenters. The molecule has 0 bridgehead atoms. The van der Waals surface area contributed by atoms with E-state index in [1.54, 1.807) is 36.0 Å². The third-order valence-electron chi connectivity index (χ3n) is 4.87. The van der Waals surface area contributed by atoms with Crippen molar-refractivity contribution in [3.63, 3.8) is 0 Å². The predicted molar refractivity (Wildman–Crippen MR) is 92.2 cm³/mol. The molecule has 0 aliphatic carbocycles. The number of aromatic nitrogens is 3. The fraction of sp³-hybridized carbons (Fsp3) is 0.389. The van der Waals surface area contributed by atoms with Gasteiger partial charge in [0, 0.05) is 26.3 Å². The van der Waals surface area contributed by atoms with E-state index in [-0.39, 0.29) is 11.5 Å². The molecule has 0 radical (unpaired) electrons. The average Bonchev–Trinajstić information content (AvgIpc) is 2.92. The molecule has 0 N–H and O–H groups in total. The van der Waals surface area contributed by atoms with E-state index in [4.69, 9.17) is 0 Å². The molecule has 0 aromatic carbocycles. The summed E-state index contributed by atoms with van der Waals surface area (Å²) in [5, 5.41) is 0.481. The highest BCUT2D eigenvalue weighted by Crippen LogP contribution is 2.21. The van der Waals surface area contributed by atoms with Crippen molar-refractivity contribution in [3.8, 4) is 0 Å². The first-order valence-electron chi connectivity index (χ1n) is 8.32. The number of amides is 1. The quantitative estimate of drug-likeness (QED) is 0.688. The molecule has 0 spiro atoms. The molecule has 1 atom stereocenters. The zero-order chi connectivity index (χ0) is 16.8. The molecule has 6 nitrogen and oxygen atoms in total. The summed E-state index contributed by atoms with van der Waals surface area (Å²) in [5.41, 5.74) is 1.53. The lowest BCUT2D eigenvalue weighted by atomic mass is 10.00. The summed E-state index contributed by atoms with van der Waals surface area (Å²) in [4.78, 5) is 32.0. The van der Waals surface area contributed by atoms with Crippen LogP contribution in [0.4, 0.5) is 0 Å². The number of hydrogen-bond acceptors (Lipinski definition) is 3. The van der Waals surface area contributed by atoms with Gasteiger partial charge in [0.1, 0.15) is 17.0 Å². The molecular formula is C18H20N4O2. The van der Waals surface area contributed by atoms with Crippen molar-refractivity contribution >= 4 is 22.6 Å². The highest BCUT2D eigenvalue weighted by atomic mass is 16.2. The standard InChI is InChI=1S/C18H20N4O2/c1-12-6-5-8-21(11-12)18(24)14-10-13-16(20(14)2)19-15-7-3-4-9-22(15)17(13)23/h3-4,7,9-10,12H,5-6,8,11H2,1-2H3/t12-/m0/s1. The SMILES string of the molecule is C[C@H]1CCCN(C(=O)c2cc3c(=O)n4ccccc4nc3n2C)C1. The topological polar surface area (TPSA) is 59.6 Å². The molecule has 1 aliphatic rings. The number of carbonyl (C=O) groups is 1. The fourth-order valence-corrected chi connectivity index (χ4v) is 3.56. The van der Waals surface area contributed by atoms with Crippen LogP contribution in [0.25, 0.3) is 16.7 Å². The summed E-state index contributed by atoms with van der Waals surface area (Å²) in [6, 6.07) is 7.12. The summed E-state index contributed by atoms with van der Waals surface area (Å²) >= 11 is 0. The van der Waals surface area contributed by atoms with Crippen LogP contribution in [0, 0.1) is 5.92 Å². The Kier molecular flexibility index (Phi) is 3.40. The monoisotopic (exact) mass is 324 g/mol. The number of nitrogens with zero attached hydrogens (tertiary/aromatic N) is 4. The second-order valence-electron chi connectivity index (χ2n) is 6.67. The van der Waals surface area contributed by atoms with Crippen LogP contribution in [0.15, 0.2) is 35.3 Å². The molecule has 6 heteroatoms. The molecule has 1 fully saturated rings. The Labute approximate surface area is 139 Å². The van der Waals surface area contributed by atoms with Crippen LogP contribution in [0.3, 0.4) is 0 Å². The maximum atomic E-state index is 12.9. The van der Waals surface area contributed by atoms with Crippen LogP contribution in [-0.4, -0.2) is 37.8 Å². The molecule has 1 amide bonds. The van der Waals surface area contributed by atoms with Crippen LogP contribution in [-0.2, 0) is 7.05 Å². The highest BCUT2D eigenvalue weighted by molar-refractivity contribution is 5.98. The number of aryl methyl sites for hydroxylation is 1.